The van der Waals surface area contributed by atoms with E-state index in [4.69, 9.17) is 19.9 Å². The summed E-state index contributed by atoms with van der Waals surface area (Å²) in [5, 5.41) is 0. The Morgan fingerprint density at radius 2 is 2.13 bits per heavy atom. The zero-order valence-electron chi connectivity index (χ0n) is 8.33. The second-order valence-corrected chi connectivity index (χ2v) is 3.15. The first-order chi connectivity index (χ1) is 7.26. The fraction of sp³-hybridized carbons (Fsp3) is 0.400. The van der Waals surface area contributed by atoms with Gasteiger partial charge in [-0.2, -0.15) is 0 Å². The number of alkyl halides is 1. The highest BCUT2D eigenvalue weighted by Crippen LogP contribution is 2.40. The van der Waals surface area contributed by atoms with Crippen molar-refractivity contribution in [2.24, 2.45) is 5.73 Å². The van der Waals surface area contributed by atoms with E-state index in [1.165, 1.54) is 7.11 Å². The lowest BCUT2D eigenvalue weighted by Gasteiger charge is -2.12. The van der Waals surface area contributed by atoms with Crippen LogP contribution in [-0.2, 0) is 0 Å². The molecule has 0 fully saturated rings. The minimum absolute atomic E-state index is 0.0873. The lowest BCUT2D eigenvalue weighted by molar-refractivity contribution is 0.173. The summed E-state index contributed by atoms with van der Waals surface area (Å²) < 4.78 is 28.8. The first-order valence-electron chi connectivity index (χ1n) is 4.58. The smallest absolute Gasteiger partial charge is 0.231 e. The molecule has 0 spiro atoms. The molecule has 1 aliphatic rings. The molecule has 4 nitrogen and oxygen atoms in total. The third kappa shape index (κ3) is 1.70. The van der Waals surface area contributed by atoms with Crippen LogP contribution in [0.5, 0.6) is 17.2 Å². The summed E-state index contributed by atoms with van der Waals surface area (Å²) in [6, 6.07) is 3.18. The molecule has 1 aliphatic heterocycles. The van der Waals surface area contributed by atoms with E-state index in [1.807, 2.05) is 0 Å². The summed E-state index contributed by atoms with van der Waals surface area (Å²) in [4.78, 5) is 0. The molecule has 82 valence electrons. The first-order valence-corrected chi connectivity index (χ1v) is 4.58. The van der Waals surface area contributed by atoms with E-state index in [1.54, 1.807) is 12.1 Å². The van der Waals surface area contributed by atoms with Gasteiger partial charge in [0, 0.05) is 18.2 Å². The standard InChI is InChI=1S/C10H12FNO3/c1-13-8-3-10-9(14-5-15-10)2-6(8)7(11)4-12/h2-3,7H,4-5,12H2,1H3. The van der Waals surface area contributed by atoms with Gasteiger partial charge in [-0.25, -0.2) is 4.39 Å². The summed E-state index contributed by atoms with van der Waals surface area (Å²) in [6.07, 6.45) is -1.26. The number of fused-ring (bicyclic) bond motifs is 1. The topological polar surface area (TPSA) is 53.7 Å². The maximum absolute atomic E-state index is 13.5. The van der Waals surface area contributed by atoms with Crippen LogP contribution in [0.15, 0.2) is 12.1 Å². The zero-order valence-corrected chi connectivity index (χ0v) is 8.33. The second kappa shape index (κ2) is 3.94. The predicted octanol–water partition coefficient (Wildman–Crippen LogP) is 1.39. The second-order valence-electron chi connectivity index (χ2n) is 3.15. The lowest BCUT2D eigenvalue weighted by Crippen LogP contribution is -2.08. The molecule has 2 N–H and O–H groups in total. The average Bonchev–Trinajstić information content (AvgIpc) is 2.73. The van der Waals surface area contributed by atoms with Crippen molar-refractivity contribution >= 4 is 0 Å². The molecular weight excluding hydrogens is 201 g/mol. The van der Waals surface area contributed by atoms with Crippen LogP contribution in [0.25, 0.3) is 0 Å². The molecule has 0 aromatic heterocycles. The molecule has 0 aliphatic carbocycles. The van der Waals surface area contributed by atoms with Gasteiger partial charge in [0.05, 0.1) is 7.11 Å². The van der Waals surface area contributed by atoms with Gasteiger partial charge in [-0.05, 0) is 6.07 Å². The van der Waals surface area contributed by atoms with E-state index in [0.717, 1.165) is 0 Å². The van der Waals surface area contributed by atoms with Crippen molar-refractivity contribution in [3.63, 3.8) is 0 Å². The van der Waals surface area contributed by atoms with Crippen molar-refractivity contribution in [3.8, 4) is 17.2 Å². The van der Waals surface area contributed by atoms with E-state index < -0.39 is 6.17 Å². The van der Waals surface area contributed by atoms with Crippen LogP contribution in [-0.4, -0.2) is 20.4 Å². The monoisotopic (exact) mass is 213 g/mol. The molecule has 1 atom stereocenters. The molecule has 0 saturated carbocycles. The Kier molecular flexibility index (Phi) is 2.64. The van der Waals surface area contributed by atoms with Crippen LogP contribution >= 0.6 is 0 Å². The molecular formula is C10H12FNO3. The van der Waals surface area contributed by atoms with Gasteiger partial charge in [-0.15, -0.1) is 0 Å². The number of hydrogen-bond donors (Lipinski definition) is 1. The highest BCUT2D eigenvalue weighted by atomic mass is 19.1. The molecule has 0 radical (unpaired) electrons. The van der Waals surface area contributed by atoms with Gasteiger partial charge in [0.25, 0.3) is 0 Å². The Labute approximate surface area is 86.7 Å². The maximum Gasteiger partial charge on any atom is 0.231 e. The van der Waals surface area contributed by atoms with E-state index >= 15 is 0 Å². The third-order valence-corrected chi connectivity index (χ3v) is 2.27. The van der Waals surface area contributed by atoms with Crippen LogP contribution in [0.2, 0.25) is 0 Å². The Hall–Kier alpha value is -1.49. The van der Waals surface area contributed by atoms with Crippen LogP contribution in [0.3, 0.4) is 0 Å². The lowest BCUT2D eigenvalue weighted by atomic mass is 10.1. The minimum Gasteiger partial charge on any atom is -0.496 e. The van der Waals surface area contributed by atoms with E-state index in [0.29, 0.717) is 22.8 Å². The number of ether oxygens (including phenoxy) is 3. The van der Waals surface area contributed by atoms with Crippen molar-refractivity contribution < 1.29 is 18.6 Å². The molecule has 1 unspecified atom stereocenters. The summed E-state index contributed by atoms with van der Waals surface area (Å²) in [5.41, 5.74) is 5.66. The molecule has 5 heteroatoms. The molecule has 1 aromatic rings. The highest BCUT2D eigenvalue weighted by Gasteiger charge is 2.21. The highest BCUT2D eigenvalue weighted by molar-refractivity contribution is 5.52. The van der Waals surface area contributed by atoms with Gasteiger partial charge in [0.1, 0.15) is 11.9 Å². The van der Waals surface area contributed by atoms with Crippen molar-refractivity contribution in [2.75, 3.05) is 20.4 Å². The number of nitrogens with two attached hydrogens (primary N) is 1. The average molecular weight is 213 g/mol. The van der Waals surface area contributed by atoms with Crippen molar-refractivity contribution in [1.29, 1.82) is 0 Å². The molecule has 0 saturated heterocycles. The van der Waals surface area contributed by atoms with E-state index in [2.05, 4.69) is 0 Å². The Morgan fingerprint density at radius 3 is 2.73 bits per heavy atom. The first kappa shape index (κ1) is 10.0. The maximum atomic E-state index is 13.5. The number of halogens is 1. The number of rotatable bonds is 3. The van der Waals surface area contributed by atoms with Crippen LogP contribution in [0.1, 0.15) is 11.7 Å². The summed E-state index contributed by atoms with van der Waals surface area (Å²) >= 11 is 0. The van der Waals surface area contributed by atoms with Gasteiger partial charge >= 0.3 is 0 Å². The Bertz CT molecular complexity index is 370. The quantitative estimate of drug-likeness (QED) is 0.824. The fourth-order valence-corrected chi connectivity index (χ4v) is 1.49. The minimum atomic E-state index is -1.26. The molecule has 0 amide bonds. The Balaban J connectivity index is 2.44. The zero-order chi connectivity index (χ0) is 10.8. The summed E-state index contributed by atoms with van der Waals surface area (Å²) in [6.45, 7) is 0.0670. The van der Waals surface area contributed by atoms with Crippen molar-refractivity contribution in [1.82, 2.24) is 0 Å². The molecule has 2 rings (SSSR count). The molecule has 15 heavy (non-hydrogen) atoms. The normalized spacial score (nSPS) is 15.1. The van der Waals surface area contributed by atoms with Crippen LogP contribution in [0, 0.1) is 0 Å². The SMILES string of the molecule is COc1cc2c(cc1C(F)CN)OCO2. The third-order valence-electron chi connectivity index (χ3n) is 2.27. The van der Waals surface area contributed by atoms with Crippen LogP contribution < -0.4 is 19.9 Å². The van der Waals surface area contributed by atoms with Gasteiger partial charge < -0.3 is 19.9 Å². The molecule has 1 heterocycles. The molecule has 1 aromatic carbocycles. The summed E-state index contributed by atoms with van der Waals surface area (Å²) in [5.74, 6) is 1.53. The fourth-order valence-electron chi connectivity index (χ4n) is 1.49. The predicted molar refractivity (Wildman–Crippen MR) is 52.0 cm³/mol. The number of methoxy groups -OCH3 is 1. The molecule has 0 bridgehead atoms. The van der Waals surface area contributed by atoms with Gasteiger partial charge in [0.2, 0.25) is 6.79 Å². The van der Waals surface area contributed by atoms with Gasteiger partial charge in [0.15, 0.2) is 11.5 Å². The summed E-state index contributed by atoms with van der Waals surface area (Å²) in [7, 11) is 1.48. The largest absolute Gasteiger partial charge is 0.496 e. The van der Waals surface area contributed by atoms with E-state index in [-0.39, 0.29) is 13.3 Å². The van der Waals surface area contributed by atoms with Crippen LogP contribution in [0.4, 0.5) is 4.39 Å². The van der Waals surface area contributed by atoms with Crippen molar-refractivity contribution in [3.05, 3.63) is 17.7 Å². The van der Waals surface area contributed by atoms with E-state index in [9.17, 15) is 4.39 Å². The Morgan fingerprint density at radius 1 is 1.47 bits per heavy atom. The number of benzene rings is 1. The van der Waals surface area contributed by atoms with Gasteiger partial charge in [-0.1, -0.05) is 0 Å². The van der Waals surface area contributed by atoms with Crippen molar-refractivity contribution in [2.45, 2.75) is 6.17 Å². The van der Waals surface area contributed by atoms with Gasteiger partial charge in [-0.3, -0.25) is 0 Å². The number of hydrogen-bond acceptors (Lipinski definition) is 4.